The van der Waals surface area contributed by atoms with Gasteiger partial charge in [0.2, 0.25) is 9.84 Å². The Morgan fingerprint density at radius 2 is 1.46 bits per heavy atom. The van der Waals surface area contributed by atoms with Gasteiger partial charge >= 0.3 is 0 Å². The van der Waals surface area contributed by atoms with Crippen molar-refractivity contribution in [3.63, 3.8) is 0 Å². The zero-order valence-electron chi connectivity index (χ0n) is 21.8. The number of hydrogen-bond donors (Lipinski definition) is 0. The number of piperidine rings is 1. The Morgan fingerprint density at radius 3 is 2.14 bits per heavy atom. The number of benzene rings is 3. The van der Waals surface area contributed by atoms with Crippen LogP contribution >= 0.6 is 0 Å². The van der Waals surface area contributed by atoms with E-state index in [1.807, 2.05) is 24.3 Å². The first-order valence-corrected chi connectivity index (χ1v) is 15.1. The molecule has 0 spiro atoms. The monoisotopic (exact) mass is 518 g/mol. The highest BCUT2D eigenvalue weighted by Crippen LogP contribution is 2.36. The summed E-state index contributed by atoms with van der Waals surface area (Å²) in [4.78, 5) is 5.69. The van der Waals surface area contributed by atoms with Crippen molar-refractivity contribution in [1.82, 2.24) is 4.90 Å². The highest BCUT2D eigenvalue weighted by molar-refractivity contribution is 7.91. The minimum atomic E-state index is -3.71. The van der Waals surface area contributed by atoms with Gasteiger partial charge in [-0.3, -0.25) is 0 Å². The lowest BCUT2D eigenvalue weighted by molar-refractivity contribution is 0.121. The molecular formula is C31H38N2O3S. The molecule has 5 rings (SSSR count). The van der Waals surface area contributed by atoms with E-state index in [1.54, 1.807) is 37.4 Å². The van der Waals surface area contributed by atoms with E-state index in [4.69, 9.17) is 4.74 Å². The fourth-order valence-electron chi connectivity index (χ4n) is 6.00. The second-order valence-electron chi connectivity index (χ2n) is 10.3. The molecule has 5 nitrogen and oxygen atoms in total. The van der Waals surface area contributed by atoms with Crippen molar-refractivity contribution in [3.8, 4) is 5.75 Å². The molecule has 1 heterocycles. The third-order valence-electron chi connectivity index (χ3n) is 8.06. The predicted molar refractivity (Wildman–Crippen MR) is 149 cm³/mol. The molecule has 3 aromatic carbocycles. The summed E-state index contributed by atoms with van der Waals surface area (Å²) in [5, 5.41) is 0. The minimum Gasteiger partial charge on any atom is -0.497 e. The summed E-state index contributed by atoms with van der Waals surface area (Å²) in [6, 6.07) is 25.6. The summed E-state index contributed by atoms with van der Waals surface area (Å²) >= 11 is 0. The predicted octanol–water partition coefficient (Wildman–Crippen LogP) is 6.33. The van der Waals surface area contributed by atoms with Gasteiger partial charge in [0.25, 0.3) is 0 Å². The SMILES string of the molecule is COc1ccc(S(=O)(=O)c2ccccc2N(Cc2ccccc2)C2CCN(C3CCCCC3)CC2)cc1. The zero-order chi connectivity index (χ0) is 25.7. The quantitative estimate of drug-likeness (QED) is 0.349. The number of rotatable bonds is 8. The highest BCUT2D eigenvalue weighted by Gasteiger charge is 2.32. The van der Waals surface area contributed by atoms with Gasteiger partial charge in [0.15, 0.2) is 0 Å². The number of likely N-dealkylation sites (tertiary alicyclic amines) is 1. The Balaban J connectivity index is 1.46. The summed E-state index contributed by atoms with van der Waals surface area (Å²) in [5.74, 6) is 0.641. The number of sulfone groups is 1. The zero-order valence-corrected chi connectivity index (χ0v) is 22.6. The van der Waals surface area contributed by atoms with Crippen LogP contribution in [0.1, 0.15) is 50.5 Å². The van der Waals surface area contributed by atoms with Crippen molar-refractivity contribution in [1.29, 1.82) is 0 Å². The van der Waals surface area contributed by atoms with Crippen molar-refractivity contribution in [2.24, 2.45) is 0 Å². The Labute approximate surface area is 222 Å². The molecule has 0 amide bonds. The molecule has 0 aromatic heterocycles. The summed E-state index contributed by atoms with van der Waals surface area (Å²) < 4.78 is 33.0. The fourth-order valence-corrected chi connectivity index (χ4v) is 7.47. The second kappa shape index (κ2) is 11.7. The average molecular weight is 519 g/mol. The van der Waals surface area contributed by atoms with Gasteiger partial charge in [0, 0.05) is 31.7 Å². The van der Waals surface area contributed by atoms with E-state index in [2.05, 4.69) is 34.1 Å². The molecule has 6 heteroatoms. The second-order valence-corrected chi connectivity index (χ2v) is 12.2. The maximum atomic E-state index is 13.9. The molecule has 1 saturated heterocycles. The molecule has 0 unspecified atom stereocenters. The van der Waals surface area contributed by atoms with E-state index in [0.717, 1.165) is 37.7 Å². The first-order valence-electron chi connectivity index (χ1n) is 13.6. The lowest BCUT2D eigenvalue weighted by atomic mass is 9.91. The number of para-hydroxylation sites is 1. The molecule has 1 aliphatic carbocycles. The number of methoxy groups -OCH3 is 1. The minimum absolute atomic E-state index is 0.285. The molecule has 1 aliphatic heterocycles. The van der Waals surface area contributed by atoms with E-state index >= 15 is 0 Å². The number of anilines is 1. The smallest absolute Gasteiger partial charge is 0.208 e. The third kappa shape index (κ3) is 5.86. The van der Waals surface area contributed by atoms with Crippen LogP contribution in [0, 0.1) is 0 Å². The molecule has 0 N–H and O–H groups in total. The van der Waals surface area contributed by atoms with Gasteiger partial charge in [-0.25, -0.2) is 8.42 Å². The molecule has 2 fully saturated rings. The van der Waals surface area contributed by atoms with Crippen LogP contribution in [0.5, 0.6) is 5.75 Å². The fraction of sp³-hybridized carbons (Fsp3) is 0.419. The van der Waals surface area contributed by atoms with Gasteiger partial charge < -0.3 is 14.5 Å². The number of hydrogen-bond acceptors (Lipinski definition) is 5. The molecule has 0 bridgehead atoms. The topological polar surface area (TPSA) is 49.9 Å². The van der Waals surface area contributed by atoms with Gasteiger partial charge in [0.1, 0.15) is 5.75 Å². The Morgan fingerprint density at radius 1 is 0.811 bits per heavy atom. The van der Waals surface area contributed by atoms with Crippen LogP contribution in [0.25, 0.3) is 0 Å². The Hall–Kier alpha value is -2.83. The molecular weight excluding hydrogens is 480 g/mol. The molecule has 0 radical (unpaired) electrons. The molecule has 37 heavy (non-hydrogen) atoms. The first kappa shape index (κ1) is 25.8. The summed E-state index contributed by atoms with van der Waals surface area (Å²) in [6.07, 6.45) is 8.79. The summed E-state index contributed by atoms with van der Waals surface area (Å²) in [5.41, 5.74) is 1.98. The van der Waals surface area contributed by atoms with Crippen molar-refractivity contribution < 1.29 is 13.2 Å². The van der Waals surface area contributed by atoms with Crippen LogP contribution in [-0.4, -0.2) is 45.6 Å². The first-order chi connectivity index (χ1) is 18.1. The van der Waals surface area contributed by atoms with Crippen LogP contribution < -0.4 is 9.64 Å². The maximum absolute atomic E-state index is 13.9. The van der Waals surface area contributed by atoms with Crippen LogP contribution in [0.15, 0.2) is 88.7 Å². The van der Waals surface area contributed by atoms with Crippen molar-refractivity contribution >= 4 is 15.5 Å². The highest BCUT2D eigenvalue weighted by atomic mass is 32.2. The lowest BCUT2D eigenvalue weighted by Crippen LogP contribution is -2.48. The van der Waals surface area contributed by atoms with Crippen LogP contribution in [-0.2, 0) is 16.4 Å². The van der Waals surface area contributed by atoms with Gasteiger partial charge in [0.05, 0.1) is 22.6 Å². The largest absolute Gasteiger partial charge is 0.497 e. The van der Waals surface area contributed by atoms with E-state index in [1.165, 1.54) is 37.7 Å². The Bertz CT molecular complexity index is 1250. The molecule has 0 atom stereocenters. The maximum Gasteiger partial charge on any atom is 0.208 e. The number of nitrogens with zero attached hydrogens (tertiary/aromatic N) is 2. The van der Waals surface area contributed by atoms with E-state index in [0.29, 0.717) is 17.2 Å². The van der Waals surface area contributed by atoms with Gasteiger partial charge in [-0.15, -0.1) is 0 Å². The van der Waals surface area contributed by atoms with Gasteiger partial charge in [-0.05, 0) is 67.6 Å². The summed E-state index contributed by atoms with van der Waals surface area (Å²) in [6.45, 7) is 2.84. The Kier molecular flexibility index (Phi) is 8.16. The molecule has 1 saturated carbocycles. The van der Waals surface area contributed by atoms with Crippen molar-refractivity contribution in [2.75, 3.05) is 25.1 Å². The van der Waals surface area contributed by atoms with Gasteiger partial charge in [-0.2, -0.15) is 0 Å². The molecule has 3 aromatic rings. The summed E-state index contributed by atoms with van der Waals surface area (Å²) in [7, 11) is -2.12. The van der Waals surface area contributed by atoms with Crippen molar-refractivity contribution in [3.05, 3.63) is 84.4 Å². The van der Waals surface area contributed by atoms with E-state index in [-0.39, 0.29) is 10.9 Å². The van der Waals surface area contributed by atoms with Gasteiger partial charge in [-0.1, -0.05) is 61.7 Å². The van der Waals surface area contributed by atoms with Crippen molar-refractivity contribution in [2.45, 2.75) is 73.4 Å². The average Bonchev–Trinajstić information content (AvgIpc) is 2.97. The third-order valence-corrected chi connectivity index (χ3v) is 9.88. The van der Waals surface area contributed by atoms with Crippen LogP contribution in [0.2, 0.25) is 0 Å². The van der Waals surface area contributed by atoms with E-state index in [9.17, 15) is 8.42 Å². The molecule has 196 valence electrons. The lowest BCUT2D eigenvalue weighted by Gasteiger charge is -2.43. The molecule has 2 aliphatic rings. The van der Waals surface area contributed by atoms with Crippen LogP contribution in [0.3, 0.4) is 0 Å². The number of ether oxygens (including phenoxy) is 1. The van der Waals surface area contributed by atoms with E-state index < -0.39 is 9.84 Å². The van der Waals surface area contributed by atoms with Crippen LogP contribution in [0.4, 0.5) is 5.69 Å². The standard InChI is InChI=1S/C31H38N2O3S/c1-36-28-16-18-29(19-17-28)37(34,35)31-15-9-8-14-30(31)33(24-25-10-4-2-5-11-25)27-20-22-32(23-21-27)26-12-6-3-7-13-26/h2,4-5,8-11,14-19,26-27H,3,6-7,12-13,20-24H2,1H3. The normalized spacial score (nSPS) is 18.0.